The molecule has 1 N–H and O–H groups in total. The van der Waals surface area contributed by atoms with E-state index in [1.807, 2.05) is 0 Å². The highest BCUT2D eigenvalue weighted by atomic mass is 16.6. The summed E-state index contributed by atoms with van der Waals surface area (Å²) in [6, 6.07) is -0.733. The second-order valence-electron chi connectivity index (χ2n) is 6.84. The molecule has 1 aliphatic carbocycles. The van der Waals surface area contributed by atoms with E-state index >= 15 is 0 Å². The van der Waals surface area contributed by atoms with Gasteiger partial charge in [0.1, 0.15) is 11.6 Å². The number of piperidine rings is 1. The van der Waals surface area contributed by atoms with E-state index in [2.05, 4.69) is 0 Å². The van der Waals surface area contributed by atoms with E-state index in [1.165, 1.54) is 11.3 Å². The Morgan fingerprint density at radius 1 is 1.26 bits per heavy atom. The summed E-state index contributed by atoms with van der Waals surface area (Å²) >= 11 is 0. The van der Waals surface area contributed by atoms with Crippen LogP contribution < -0.4 is 0 Å². The second kappa shape index (κ2) is 4.69. The van der Waals surface area contributed by atoms with Crippen molar-refractivity contribution in [2.45, 2.75) is 64.5 Å². The van der Waals surface area contributed by atoms with Crippen molar-refractivity contribution in [3.05, 3.63) is 0 Å². The molecule has 1 atom stereocenters. The molecule has 0 aromatic rings. The predicted molar refractivity (Wildman–Crippen MR) is 69.9 cm³/mol. The van der Waals surface area contributed by atoms with Crippen LogP contribution in [0.1, 0.15) is 52.9 Å². The molecule has 2 aliphatic rings. The summed E-state index contributed by atoms with van der Waals surface area (Å²) in [5, 5.41) is 9.36. The Balaban J connectivity index is 2.07. The maximum absolute atomic E-state index is 12.1. The number of carbonyl (C=O) groups is 2. The third kappa shape index (κ3) is 3.01. The summed E-state index contributed by atoms with van der Waals surface area (Å²) in [5.41, 5.74) is -0.423. The van der Waals surface area contributed by atoms with Crippen molar-refractivity contribution in [2.24, 2.45) is 5.41 Å². The molecule has 1 amide bonds. The van der Waals surface area contributed by atoms with Crippen molar-refractivity contribution in [2.75, 3.05) is 6.54 Å². The molecule has 108 valence electrons. The van der Waals surface area contributed by atoms with Gasteiger partial charge in [0.2, 0.25) is 0 Å². The van der Waals surface area contributed by atoms with Gasteiger partial charge in [-0.1, -0.05) is 6.42 Å². The van der Waals surface area contributed by atoms with E-state index in [4.69, 9.17) is 4.74 Å². The van der Waals surface area contributed by atoms with Crippen LogP contribution in [0.2, 0.25) is 0 Å². The van der Waals surface area contributed by atoms with Crippen LogP contribution in [0.25, 0.3) is 0 Å². The van der Waals surface area contributed by atoms with Crippen molar-refractivity contribution in [3.8, 4) is 0 Å². The summed E-state index contributed by atoms with van der Waals surface area (Å²) in [7, 11) is 0. The molecule has 5 nitrogen and oxygen atoms in total. The van der Waals surface area contributed by atoms with Crippen LogP contribution in [0.5, 0.6) is 0 Å². The molecule has 0 radical (unpaired) electrons. The lowest BCUT2D eigenvalue weighted by atomic mass is 9.61. The van der Waals surface area contributed by atoms with Gasteiger partial charge in [0, 0.05) is 6.54 Å². The Kier molecular flexibility index (Phi) is 3.49. The first-order valence-corrected chi connectivity index (χ1v) is 6.95. The maximum Gasteiger partial charge on any atom is 0.411 e. The van der Waals surface area contributed by atoms with Crippen LogP contribution in [0.4, 0.5) is 4.79 Å². The fourth-order valence-corrected chi connectivity index (χ4v) is 3.03. The number of hydrogen-bond donors (Lipinski definition) is 1. The minimum atomic E-state index is -0.920. The molecule has 1 spiro atoms. The summed E-state index contributed by atoms with van der Waals surface area (Å²) < 4.78 is 5.30. The van der Waals surface area contributed by atoms with Crippen molar-refractivity contribution in [3.63, 3.8) is 0 Å². The zero-order valence-electron chi connectivity index (χ0n) is 11.9. The van der Waals surface area contributed by atoms with Crippen molar-refractivity contribution in [1.29, 1.82) is 0 Å². The number of hydrogen-bond acceptors (Lipinski definition) is 3. The zero-order chi connectivity index (χ0) is 14.3. The minimum Gasteiger partial charge on any atom is -0.480 e. The van der Waals surface area contributed by atoms with Crippen molar-refractivity contribution < 1.29 is 19.4 Å². The first-order valence-electron chi connectivity index (χ1n) is 6.95. The van der Waals surface area contributed by atoms with Crippen molar-refractivity contribution >= 4 is 12.1 Å². The number of likely N-dealkylation sites (tertiary alicyclic amines) is 1. The molecular weight excluding hydrogens is 246 g/mol. The third-order valence-corrected chi connectivity index (χ3v) is 4.21. The minimum absolute atomic E-state index is 0.168. The molecule has 1 heterocycles. The van der Waals surface area contributed by atoms with Crippen LogP contribution in [0.15, 0.2) is 0 Å². The maximum atomic E-state index is 12.1. The third-order valence-electron chi connectivity index (χ3n) is 4.21. The van der Waals surface area contributed by atoms with Crippen LogP contribution in [0, 0.1) is 5.41 Å². The molecule has 5 heteroatoms. The van der Waals surface area contributed by atoms with Gasteiger partial charge in [-0.25, -0.2) is 9.59 Å². The Labute approximate surface area is 113 Å². The molecule has 1 aliphatic heterocycles. The molecule has 1 unspecified atom stereocenters. The Morgan fingerprint density at radius 2 is 1.89 bits per heavy atom. The molecular formula is C14H23NO4. The average molecular weight is 269 g/mol. The van der Waals surface area contributed by atoms with Crippen LogP contribution >= 0.6 is 0 Å². The number of amides is 1. The van der Waals surface area contributed by atoms with E-state index in [9.17, 15) is 14.7 Å². The molecule has 1 saturated carbocycles. The van der Waals surface area contributed by atoms with E-state index in [1.54, 1.807) is 20.8 Å². The van der Waals surface area contributed by atoms with Crippen LogP contribution in [-0.2, 0) is 9.53 Å². The van der Waals surface area contributed by atoms with Gasteiger partial charge in [-0.05, 0) is 51.9 Å². The molecule has 0 bridgehead atoms. The molecule has 2 fully saturated rings. The lowest BCUT2D eigenvalue weighted by Gasteiger charge is -2.50. The Hall–Kier alpha value is -1.26. The van der Waals surface area contributed by atoms with E-state index < -0.39 is 23.7 Å². The van der Waals surface area contributed by atoms with Crippen LogP contribution in [0.3, 0.4) is 0 Å². The lowest BCUT2D eigenvalue weighted by molar-refractivity contribution is -0.148. The van der Waals surface area contributed by atoms with Gasteiger partial charge >= 0.3 is 12.1 Å². The molecule has 19 heavy (non-hydrogen) atoms. The largest absolute Gasteiger partial charge is 0.480 e. The number of rotatable bonds is 1. The summed E-state index contributed by atoms with van der Waals surface area (Å²) in [6.45, 7) is 5.86. The molecule has 2 rings (SSSR count). The Morgan fingerprint density at radius 3 is 2.32 bits per heavy atom. The fraction of sp³-hybridized carbons (Fsp3) is 0.857. The topological polar surface area (TPSA) is 66.8 Å². The number of nitrogens with zero attached hydrogens (tertiary/aromatic N) is 1. The van der Waals surface area contributed by atoms with Crippen molar-refractivity contribution in [1.82, 2.24) is 4.90 Å². The molecule has 0 aromatic heterocycles. The summed E-state index contributed by atoms with van der Waals surface area (Å²) in [5.74, 6) is -0.920. The first-order chi connectivity index (χ1) is 8.72. The van der Waals surface area contributed by atoms with Gasteiger partial charge in [-0.3, -0.25) is 4.90 Å². The number of ether oxygens (including phenoxy) is 1. The highest BCUT2D eigenvalue weighted by molar-refractivity contribution is 5.80. The highest BCUT2D eigenvalue weighted by Crippen LogP contribution is 2.50. The molecule has 1 saturated heterocycles. The SMILES string of the molecule is CC(C)(C)OC(=O)N1CCC2(CCC2)CC1C(=O)O. The molecule has 0 aromatic carbocycles. The quantitative estimate of drug-likeness (QED) is 0.794. The number of carboxylic acid groups (broad SMARTS) is 1. The number of aliphatic carboxylic acids is 1. The van der Waals surface area contributed by atoms with Gasteiger partial charge < -0.3 is 9.84 Å². The standard InChI is InChI=1S/C14H23NO4/c1-13(2,3)19-12(18)15-8-7-14(5-4-6-14)9-10(15)11(16)17/h10H,4-9H2,1-3H3,(H,16,17). The van der Waals surface area contributed by atoms with E-state index in [0.29, 0.717) is 13.0 Å². The van der Waals surface area contributed by atoms with Gasteiger partial charge in [0.25, 0.3) is 0 Å². The van der Waals surface area contributed by atoms with Gasteiger partial charge in [-0.15, -0.1) is 0 Å². The van der Waals surface area contributed by atoms with E-state index in [-0.39, 0.29) is 5.41 Å². The fourth-order valence-electron chi connectivity index (χ4n) is 3.03. The Bertz CT molecular complexity index is 381. The van der Waals surface area contributed by atoms with Gasteiger partial charge in [-0.2, -0.15) is 0 Å². The van der Waals surface area contributed by atoms with Gasteiger partial charge in [0.15, 0.2) is 0 Å². The zero-order valence-corrected chi connectivity index (χ0v) is 11.9. The average Bonchev–Trinajstić information content (AvgIpc) is 2.23. The lowest BCUT2D eigenvalue weighted by Crippen LogP contribution is -2.55. The summed E-state index contributed by atoms with van der Waals surface area (Å²) in [4.78, 5) is 24.9. The smallest absolute Gasteiger partial charge is 0.411 e. The normalized spacial score (nSPS) is 25.8. The summed E-state index contributed by atoms with van der Waals surface area (Å²) in [6.07, 6.45) is 4.34. The number of carboxylic acids is 1. The second-order valence-corrected chi connectivity index (χ2v) is 6.84. The van der Waals surface area contributed by atoms with Gasteiger partial charge in [0.05, 0.1) is 0 Å². The van der Waals surface area contributed by atoms with E-state index in [0.717, 1.165) is 19.3 Å². The monoisotopic (exact) mass is 269 g/mol. The highest BCUT2D eigenvalue weighted by Gasteiger charge is 2.48. The number of carbonyl (C=O) groups excluding carboxylic acids is 1. The van der Waals surface area contributed by atoms with Crippen LogP contribution in [-0.4, -0.2) is 40.3 Å². The first kappa shape index (κ1) is 14.2. The predicted octanol–water partition coefficient (Wildman–Crippen LogP) is 2.64.